The maximum Gasteiger partial charge on any atom is 0.242 e. The summed E-state index contributed by atoms with van der Waals surface area (Å²) in [7, 11) is -3.51. The normalized spacial score (nSPS) is 13.3. The molecule has 0 aliphatic carbocycles. The summed E-state index contributed by atoms with van der Waals surface area (Å²) in [6.07, 6.45) is 3.97. The molecule has 6 nitrogen and oxygen atoms in total. The first-order valence-electron chi connectivity index (χ1n) is 5.47. The van der Waals surface area contributed by atoms with E-state index in [-0.39, 0.29) is 10.9 Å². The van der Waals surface area contributed by atoms with E-state index in [0.717, 1.165) is 12.2 Å². The Morgan fingerprint density at radius 3 is 2.67 bits per heavy atom. The van der Waals surface area contributed by atoms with Gasteiger partial charge in [0.05, 0.1) is 0 Å². The summed E-state index contributed by atoms with van der Waals surface area (Å²) in [5.41, 5.74) is 2.35. The minimum atomic E-state index is -3.51. The molecule has 102 valence electrons. The van der Waals surface area contributed by atoms with Crippen LogP contribution in [0.2, 0.25) is 0 Å². The van der Waals surface area contributed by atoms with Crippen molar-refractivity contribution in [3.8, 4) is 0 Å². The molecule has 1 heterocycles. The number of hydrogen-bond acceptors (Lipinski definition) is 6. The number of hydrogen-bond donors (Lipinski definition) is 3. The molecule has 0 spiro atoms. The van der Waals surface area contributed by atoms with Crippen LogP contribution in [0.4, 0.5) is 5.82 Å². The number of nitrogen functional groups attached to an aromatic ring is 1. The van der Waals surface area contributed by atoms with Crippen LogP contribution in [0, 0.1) is 0 Å². The summed E-state index contributed by atoms with van der Waals surface area (Å²) >= 11 is 1.61. The van der Waals surface area contributed by atoms with Gasteiger partial charge in [-0.05, 0) is 24.8 Å². The predicted molar refractivity (Wildman–Crippen MR) is 74.8 cm³/mol. The van der Waals surface area contributed by atoms with E-state index in [1.165, 1.54) is 18.3 Å². The molecule has 0 bridgehead atoms. The standard InChI is InChI=1S/C10H18N4O2S2/c1-3-8(7-17-2)14-18(15,16)9-4-5-10(13-11)12-6-9/h4-6,8,14H,3,7,11H2,1-2H3,(H,12,13). The van der Waals surface area contributed by atoms with Gasteiger partial charge >= 0.3 is 0 Å². The van der Waals surface area contributed by atoms with Gasteiger partial charge in [-0.2, -0.15) is 11.8 Å². The SMILES string of the molecule is CCC(CSC)NS(=O)(=O)c1ccc(NN)nc1. The van der Waals surface area contributed by atoms with Gasteiger partial charge in [0.2, 0.25) is 10.0 Å². The maximum atomic E-state index is 12.1. The second-order valence-electron chi connectivity index (χ2n) is 3.71. The molecule has 1 aromatic rings. The Morgan fingerprint density at radius 1 is 1.50 bits per heavy atom. The summed E-state index contributed by atoms with van der Waals surface area (Å²) in [5, 5.41) is 0. The largest absolute Gasteiger partial charge is 0.308 e. The van der Waals surface area contributed by atoms with Gasteiger partial charge in [-0.3, -0.25) is 0 Å². The lowest BCUT2D eigenvalue weighted by molar-refractivity contribution is 0.558. The van der Waals surface area contributed by atoms with Crippen LogP contribution >= 0.6 is 11.8 Å². The lowest BCUT2D eigenvalue weighted by Crippen LogP contribution is -2.36. The van der Waals surface area contributed by atoms with E-state index < -0.39 is 10.0 Å². The number of pyridine rings is 1. The van der Waals surface area contributed by atoms with Crippen LogP contribution in [0.1, 0.15) is 13.3 Å². The molecule has 8 heteroatoms. The highest BCUT2D eigenvalue weighted by Gasteiger charge is 2.18. The molecule has 0 radical (unpaired) electrons. The fourth-order valence-corrected chi connectivity index (χ4v) is 3.44. The first-order valence-corrected chi connectivity index (χ1v) is 8.35. The van der Waals surface area contributed by atoms with Gasteiger partial charge in [-0.1, -0.05) is 6.92 Å². The first-order chi connectivity index (χ1) is 8.53. The van der Waals surface area contributed by atoms with Crippen molar-refractivity contribution in [2.45, 2.75) is 24.3 Å². The lowest BCUT2D eigenvalue weighted by atomic mass is 10.3. The maximum absolute atomic E-state index is 12.1. The quantitative estimate of drug-likeness (QED) is 0.507. The fourth-order valence-electron chi connectivity index (χ4n) is 1.35. The molecule has 0 aromatic carbocycles. The van der Waals surface area contributed by atoms with E-state index >= 15 is 0 Å². The molecule has 0 amide bonds. The zero-order chi connectivity index (χ0) is 13.6. The smallest absolute Gasteiger partial charge is 0.242 e. The van der Waals surface area contributed by atoms with E-state index in [1.807, 2.05) is 13.2 Å². The van der Waals surface area contributed by atoms with Gasteiger partial charge in [0.15, 0.2) is 0 Å². The van der Waals surface area contributed by atoms with Gasteiger partial charge in [0.25, 0.3) is 0 Å². The minimum absolute atomic E-state index is 0.0719. The van der Waals surface area contributed by atoms with Crippen molar-refractivity contribution in [1.82, 2.24) is 9.71 Å². The number of thioether (sulfide) groups is 1. The van der Waals surface area contributed by atoms with Crippen LogP contribution in [-0.2, 0) is 10.0 Å². The van der Waals surface area contributed by atoms with Crippen molar-refractivity contribution in [2.24, 2.45) is 5.84 Å². The second kappa shape index (κ2) is 6.93. The fraction of sp³-hybridized carbons (Fsp3) is 0.500. The third-order valence-electron chi connectivity index (χ3n) is 2.38. The topological polar surface area (TPSA) is 97.1 Å². The summed E-state index contributed by atoms with van der Waals surface area (Å²) in [6.45, 7) is 1.95. The van der Waals surface area contributed by atoms with Gasteiger partial charge in [-0.15, -0.1) is 0 Å². The second-order valence-corrected chi connectivity index (χ2v) is 6.33. The van der Waals surface area contributed by atoms with E-state index in [2.05, 4.69) is 15.1 Å². The lowest BCUT2D eigenvalue weighted by Gasteiger charge is -2.15. The van der Waals surface area contributed by atoms with Crippen molar-refractivity contribution in [3.63, 3.8) is 0 Å². The first kappa shape index (κ1) is 15.2. The number of hydrazine groups is 1. The summed E-state index contributed by atoms with van der Waals surface area (Å²) < 4.78 is 26.8. The van der Waals surface area contributed by atoms with E-state index in [4.69, 9.17) is 5.84 Å². The van der Waals surface area contributed by atoms with Crippen molar-refractivity contribution in [2.75, 3.05) is 17.4 Å². The molecule has 1 unspecified atom stereocenters. The monoisotopic (exact) mass is 290 g/mol. The Morgan fingerprint density at radius 2 is 2.22 bits per heavy atom. The third-order valence-corrected chi connectivity index (χ3v) is 4.62. The Kier molecular flexibility index (Phi) is 5.86. The number of sulfonamides is 1. The molecular weight excluding hydrogens is 272 g/mol. The molecule has 1 rings (SSSR count). The van der Waals surface area contributed by atoms with Crippen molar-refractivity contribution in [1.29, 1.82) is 0 Å². The number of rotatable bonds is 7. The van der Waals surface area contributed by atoms with Crippen molar-refractivity contribution < 1.29 is 8.42 Å². The number of anilines is 1. The Labute approximate surface area is 112 Å². The third kappa shape index (κ3) is 4.13. The van der Waals surface area contributed by atoms with Gasteiger partial charge < -0.3 is 5.43 Å². The van der Waals surface area contributed by atoms with Gasteiger partial charge in [0, 0.05) is 18.0 Å². The highest BCUT2D eigenvalue weighted by atomic mass is 32.2. The van der Waals surface area contributed by atoms with Gasteiger partial charge in [0.1, 0.15) is 10.7 Å². The molecule has 0 fully saturated rings. The van der Waals surface area contributed by atoms with Crippen molar-refractivity contribution in [3.05, 3.63) is 18.3 Å². The molecule has 0 aliphatic heterocycles. The zero-order valence-electron chi connectivity index (χ0n) is 10.4. The average Bonchev–Trinajstić information content (AvgIpc) is 2.38. The Hall–Kier alpha value is -0.830. The highest BCUT2D eigenvalue weighted by Crippen LogP contribution is 2.12. The number of nitrogens with one attached hydrogen (secondary N) is 2. The van der Waals surface area contributed by atoms with Crippen LogP contribution in [0.15, 0.2) is 23.2 Å². The molecule has 1 atom stereocenters. The van der Waals surface area contributed by atoms with Crippen LogP contribution < -0.4 is 16.0 Å². The summed E-state index contributed by atoms with van der Waals surface area (Å²) in [6, 6.07) is 2.91. The minimum Gasteiger partial charge on any atom is -0.308 e. The Bertz CT molecular complexity index is 461. The molecule has 4 N–H and O–H groups in total. The molecular formula is C10H18N4O2S2. The molecule has 0 saturated carbocycles. The Balaban J connectivity index is 2.84. The van der Waals surface area contributed by atoms with Gasteiger partial charge in [-0.25, -0.2) is 24.0 Å². The van der Waals surface area contributed by atoms with E-state index in [9.17, 15) is 8.42 Å². The number of nitrogens with two attached hydrogens (primary N) is 1. The molecule has 0 aliphatic rings. The van der Waals surface area contributed by atoms with Crippen molar-refractivity contribution >= 4 is 27.6 Å². The van der Waals surface area contributed by atoms with Crippen LogP contribution in [-0.4, -0.2) is 31.5 Å². The number of aromatic nitrogens is 1. The average molecular weight is 290 g/mol. The highest BCUT2D eigenvalue weighted by molar-refractivity contribution is 7.98. The van der Waals surface area contributed by atoms with E-state index in [1.54, 1.807) is 11.8 Å². The number of nitrogens with zero attached hydrogens (tertiary/aromatic N) is 1. The zero-order valence-corrected chi connectivity index (χ0v) is 12.0. The molecule has 18 heavy (non-hydrogen) atoms. The summed E-state index contributed by atoms with van der Waals surface area (Å²) in [4.78, 5) is 4.02. The molecule has 0 saturated heterocycles. The van der Waals surface area contributed by atoms with Crippen LogP contribution in [0.5, 0.6) is 0 Å². The van der Waals surface area contributed by atoms with Crippen LogP contribution in [0.3, 0.4) is 0 Å². The van der Waals surface area contributed by atoms with Crippen LogP contribution in [0.25, 0.3) is 0 Å². The molecule has 1 aromatic heterocycles. The summed E-state index contributed by atoms with van der Waals surface area (Å²) in [5.74, 6) is 6.33. The van der Waals surface area contributed by atoms with E-state index in [0.29, 0.717) is 5.82 Å². The predicted octanol–water partition coefficient (Wildman–Crippen LogP) is 0.787.